The van der Waals surface area contributed by atoms with Gasteiger partial charge in [0.05, 0.1) is 0 Å². The fourth-order valence-corrected chi connectivity index (χ4v) is 0.474. The van der Waals surface area contributed by atoms with Crippen LogP contribution in [-0.4, -0.2) is 12.8 Å². The summed E-state index contributed by atoms with van der Waals surface area (Å²) in [4.78, 5) is 3.99. The SMILES string of the molecule is CCC/C(C)=N/C. The third-order valence-corrected chi connectivity index (χ3v) is 0.994. The summed E-state index contributed by atoms with van der Waals surface area (Å²) in [5.74, 6) is 0. The summed E-state index contributed by atoms with van der Waals surface area (Å²) in [5, 5.41) is 0. The van der Waals surface area contributed by atoms with Gasteiger partial charge in [-0.3, -0.25) is 4.99 Å². The molecule has 0 amide bonds. The summed E-state index contributed by atoms with van der Waals surface area (Å²) in [6, 6.07) is 0. The molecule has 0 N–H and O–H groups in total. The van der Waals surface area contributed by atoms with Crippen molar-refractivity contribution in [3.63, 3.8) is 0 Å². The van der Waals surface area contributed by atoms with Crippen molar-refractivity contribution in [1.29, 1.82) is 0 Å². The summed E-state index contributed by atoms with van der Waals surface area (Å²) in [6.45, 7) is 4.22. The Labute approximate surface area is 45.5 Å². The largest absolute Gasteiger partial charge is 0.298 e. The Morgan fingerprint density at radius 3 is 2.29 bits per heavy atom. The van der Waals surface area contributed by atoms with Gasteiger partial charge in [0.15, 0.2) is 0 Å². The molecule has 0 spiro atoms. The standard InChI is InChI=1S/C6H13N/c1-4-5-6(2)7-3/h4-5H2,1-3H3/b7-6+. The summed E-state index contributed by atoms with van der Waals surface area (Å²) >= 11 is 0. The van der Waals surface area contributed by atoms with Crippen molar-refractivity contribution in [2.24, 2.45) is 4.99 Å². The minimum Gasteiger partial charge on any atom is -0.298 e. The average molecular weight is 99.2 g/mol. The highest BCUT2D eigenvalue weighted by Gasteiger charge is 1.81. The Balaban J connectivity index is 3.17. The zero-order chi connectivity index (χ0) is 5.70. The molecule has 0 aliphatic heterocycles. The van der Waals surface area contributed by atoms with E-state index < -0.39 is 0 Å². The van der Waals surface area contributed by atoms with Gasteiger partial charge in [-0.25, -0.2) is 0 Å². The van der Waals surface area contributed by atoms with Crippen LogP contribution in [0.4, 0.5) is 0 Å². The van der Waals surface area contributed by atoms with Crippen LogP contribution in [0.3, 0.4) is 0 Å². The van der Waals surface area contributed by atoms with Gasteiger partial charge in [0.1, 0.15) is 0 Å². The lowest BCUT2D eigenvalue weighted by atomic mass is 10.2. The van der Waals surface area contributed by atoms with E-state index in [1.165, 1.54) is 12.1 Å². The minimum absolute atomic E-state index is 1.15. The molecule has 1 heteroatoms. The van der Waals surface area contributed by atoms with Crippen LogP contribution in [-0.2, 0) is 0 Å². The van der Waals surface area contributed by atoms with E-state index in [9.17, 15) is 0 Å². The van der Waals surface area contributed by atoms with E-state index in [1.54, 1.807) is 0 Å². The molecule has 0 atom stereocenters. The molecule has 0 rings (SSSR count). The molecule has 0 saturated heterocycles. The second kappa shape index (κ2) is 3.85. The molecule has 1 nitrogen and oxygen atoms in total. The number of aliphatic imine (C=N–C) groups is 1. The highest BCUT2D eigenvalue weighted by molar-refractivity contribution is 5.81. The first-order valence-corrected chi connectivity index (χ1v) is 2.73. The van der Waals surface area contributed by atoms with E-state index in [-0.39, 0.29) is 0 Å². The van der Waals surface area contributed by atoms with Crippen molar-refractivity contribution >= 4 is 5.71 Å². The van der Waals surface area contributed by atoms with E-state index in [0.29, 0.717) is 0 Å². The van der Waals surface area contributed by atoms with E-state index in [1.807, 2.05) is 7.05 Å². The van der Waals surface area contributed by atoms with E-state index in [0.717, 1.165) is 6.42 Å². The van der Waals surface area contributed by atoms with Crippen molar-refractivity contribution in [3.8, 4) is 0 Å². The second-order valence-electron chi connectivity index (χ2n) is 1.71. The molecule has 0 unspecified atom stereocenters. The van der Waals surface area contributed by atoms with Crippen LogP contribution in [0.5, 0.6) is 0 Å². The zero-order valence-corrected chi connectivity index (χ0v) is 5.36. The highest BCUT2D eigenvalue weighted by atomic mass is 14.7. The Hall–Kier alpha value is -0.330. The van der Waals surface area contributed by atoms with Gasteiger partial charge >= 0.3 is 0 Å². The third-order valence-electron chi connectivity index (χ3n) is 0.994. The maximum atomic E-state index is 3.99. The van der Waals surface area contributed by atoms with Crippen LogP contribution in [0.1, 0.15) is 26.7 Å². The summed E-state index contributed by atoms with van der Waals surface area (Å²) in [5.41, 5.74) is 1.25. The van der Waals surface area contributed by atoms with Gasteiger partial charge in [0.25, 0.3) is 0 Å². The first-order valence-electron chi connectivity index (χ1n) is 2.73. The Morgan fingerprint density at radius 2 is 2.14 bits per heavy atom. The minimum atomic E-state index is 1.15. The molecule has 0 aromatic heterocycles. The lowest BCUT2D eigenvalue weighted by Crippen LogP contribution is -1.86. The van der Waals surface area contributed by atoms with Gasteiger partial charge in [-0.1, -0.05) is 13.3 Å². The second-order valence-corrected chi connectivity index (χ2v) is 1.71. The van der Waals surface area contributed by atoms with Crippen molar-refractivity contribution in [3.05, 3.63) is 0 Å². The fourth-order valence-electron chi connectivity index (χ4n) is 0.474. The number of nitrogens with zero attached hydrogens (tertiary/aromatic N) is 1. The molecular formula is C6H13N. The first-order chi connectivity index (χ1) is 3.31. The van der Waals surface area contributed by atoms with Gasteiger partial charge in [0.2, 0.25) is 0 Å². The lowest BCUT2D eigenvalue weighted by molar-refractivity contribution is 0.985. The fraction of sp³-hybridized carbons (Fsp3) is 0.833. The predicted molar refractivity (Wildman–Crippen MR) is 33.9 cm³/mol. The predicted octanol–water partition coefficient (Wildman–Crippen LogP) is 1.88. The zero-order valence-electron chi connectivity index (χ0n) is 5.36. The van der Waals surface area contributed by atoms with Crippen LogP contribution < -0.4 is 0 Å². The van der Waals surface area contributed by atoms with Crippen molar-refractivity contribution in [1.82, 2.24) is 0 Å². The van der Waals surface area contributed by atoms with Crippen molar-refractivity contribution < 1.29 is 0 Å². The number of hydrogen-bond donors (Lipinski definition) is 0. The molecule has 0 bridgehead atoms. The molecule has 0 aromatic carbocycles. The molecule has 0 radical (unpaired) electrons. The summed E-state index contributed by atoms with van der Waals surface area (Å²) in [6.07, 6.45) is 2.36. The Kier molecular flexibility index (Phi) is 3.67. The van der Waals surface area contributed by atoms with Crippen LogP contribution in [0.2, 0.25) is 0 Å². The van der Waals surface area contributed by atoms with Gasteiger partial charge in [-0.15, -0.1) is 0 Å². The average Bonchev–Trinajstić information content (AvgIpc) is 1.68. The highest BCUT2D eigenvalue weighted by Crippen LogP contribution is 1.88. The van der Waals surface area contributed by atoms with E-state index in [4.69, 9.17) is 0 Å². The number of rotatable bonds is 2. The van der Waals surface area contributed by atoms with Gasteiger partial charge in [-0.05, 0) is 13.3 Å². The molecule has 42 valence electrons. The normalized spacial score (nSPS) is 12.1. The maximum absolute atomic E-state index is 3.99. The van der Waals surface area contributed by atoms with Gasteiger partial charge in [0, 0.05) is 12.8 Å². The number of hydrogen-bond acceptors (Lipinski definition) is 1. The Morgan fingerprint density at radius 1 is 1.57 bits per heavy atom. The smallest absolute Gasteiger partial charge is 0.0276 e. The molecule has 7 heavy (non-hydrogen) atoms. The Bertz CT molecular complexity index is 64.6. The maximum Gasteiger partial charge on any atom is 0.0276 e. The molecule has 0 saturated carbocycles. The molecule has 0 aliphatic rings. The van der Waals surface area contributed by atoms with Gasteiger partial charge < -0.3 is 0 Å². The van der Waals surface area contributed by atoms with Crippen molar-refractivity contribution in [2.75, 3.05) is 7.05 Å². The van der Waals surface area contributed by atoms with Crippen LogP contribution in [0.15, 0.2) is 4.99 Å². The quantitative estimate of drug-likeness (QED) is 0.469. The third kappa shape index (κ3) is 3.50. The molecular weight excluding hydrogens is 86.1 g/mol. The molecule has 0 heterocycles. The van der Waals surface area contributed by atoms with Crippen LogP contribution in [0, 0.1) is 0 Å². The summed E-state index contributed by atoms with van der Waals surface area (Å²) < 4.78 is 0. The van der Waals surface area contributed by atoms with Crippen LogP contribution >= 0.6 is 0 Å². The van der Waals surface area contributed by atoms with E-state index >= 15 is 0 Å². The monoisotopic (exact) mass is 99.1 g/mol. The molecule has 0 fully saturated rings. The first kappa shape index (κ1) is 6.67. The topological polar surface area (TPSA) is 12.4 Å². The molecule has 0 aromatic rings. The summed E-state index contributed by atoms with van der Waals surface area (Å²) in [7, 11) is 1.84. The molecule has 0 aliphatic carbocycles. The lowest BCUT2D eigenvalue weighted by Gasteiger charge is -1.89. The van der Waals surface area contributed by atoms with Gasteiger partial charge in [-0.2, -0.15) is 0 Å². The van der Waals surface area contributed by atoms with Crippen LogP contribution in [0.25, 0.3) is 0 Å². The van der Waals surface area contributed by atoms with E-state index in [2.05, 4.69) is 18.8 Å². The van der Waals surface area contributed by atoms with Crippen molar-refractivity contribution in [2.45, 2.75) is 26.7 Å².